The molecule has 316 valence electrons. The quantitative estimate of drug-likeness (QED) is 0.138. The van der Waals surface area contributed by atoms with Crippen molar-refractivity contribution < 1.29 is 23.2 Å². The molecular formula is C45H53F2N9O4. The van der Waals surface area contributed by atoms with Crippen LogP contribution in [0.25, 0.3) is 16.9 Å². The normalized spacial score (nSPS) is 22.3. The molecule has 0 spiro atoms. The largest absolute Gasteiger partial charge is 0.374 e. The molecule has 2 aromatic heterocycles. The average Bonchev–Trinajstić information content (AvgIpc) is 3.26. The van der Waals surface area contributed by atoms with Crippen molar-refractivity contribution in [1.82, 2.24) is 35.0 Å². The van der Waals surface area contributed by atoms with E-state index in [1.807, 2.05) is 12.1 Å². The number of pyridine rings is 1. The zero-order valence-electron chi connectivity index (χ0n) is 33.8. The number of imide groups is 1. The van der Waals surface area contributed by atoms with Crippen molar-refractivity contribution in [2.24, 2.45) is 0 Å². The molecule has 1 atom stereocenters. The number of piperidine rings is 3. The summed E-state index contributed by atoms with van der Waals surface area (Å²) in [4.78, 5) is 62.5. The van der Waals surface area contributed by atoms with Crippen LogP contribution in [0, 0.1) is 11.6 Å². The van der Waals surface area contributed by atoms with Crippen molar-refractivity contribution in [2.75, 3.05) is 43.4 Å². The molecule has 4 aromatic rings. The zero-order valence-corrected chi connectivity index (χ0v) is 33.8. The molecule has 15 heteroatoms. The first-order valence-corrected chi connectivity index (χ1v) is 21.4. The summed E-state index contributed by atoms with van der Waals surface area (Å²) in [6, 6.07) is 17.3. The van der Waals surface area contributed by atoms with E-state index in [1.165, 1.54) is 22.9 Å². The Balaban J connectivity index is 0.725. The number of likely N-dealkylation sites (tertiary alicyclic amines) is 2. The van der Waals surface area contributed by atoms with Crippen LogP contribution < -0.4 is 26.8 Å². The summed E-state index contributed by atoms with van der Waals surface area (Å²) in [5.74, 6) is -0.888. The summed E-state index contributed by atoms with van der Waals surface area (Å²) in [7, 11) is 0. The molecule has 0 radical (unpaired) electrons. The average molecular weight is 822 g/mol. The maximum Gasteiger partial charge on any atom is 0.255 e. The fraction of sp³-hybridized carbons (Fsp3) is 0.467. The van der Waals surface area contributed by atoms with Crippen LogP contribution in [-0.2, 0) is 14.4 Å². The fourth-order valence-electron chi connectivity index (χ4n) is 9.27. The van der Waals surface area contributed by atoms with Crippen LogP contribution in [0.5, 0.6) is 0 Å². The van der Waals surface area contributed by atoms with Gasteiger partial charge in [-0.3, -0.25) is 29.1 Å². The summed E-state index contributed by atoms with van der Waals surface area (Å²) >= 11 is 0. The van der Waals surface area contributed by atoms with Gasteiger partial charge in [0.2, 0.25) is 23.7 Å². The van der Waals surface area contributed by atoms with Crippen molar-refractivity contribution in [3.63, 3.8) is 0 Å². The molecule has 3 aliphatic heterocycles. The predicted octanol–water partition coefficient (Wildman–Crippen LogP) is 5.36. The van der Waals surface area contributed by atoms with Gasteiger partial charge in [0.05, 0.1) is 6.20 Å². The van der Waals surface area contributed by atoms with Crippen molar-refractivity contribution in [1.29, 1.82) is 0 Å². The smallest absolute Gasteiger partial charge is 0.255 e. The molecule has 4 N–H and O–H groups in total. The van der Waals surface area contributed by atoms with Crippen LogP contribution in [0.1, 0.15) is 82.1 Å². The summed E-state index contributed by atoms with van der Waals surface area (Å²) in [6.45, 7) is 4.50. The Kier molecular flexibility index (Phi) is 12.9. The molecule has 3 amide bonds. The third kappa shape index (κ3) is 10.1. The second-order valence-corrected chi connectivity index (χ2v) is 16.6. The molecule has 1 unspecified atom stereocenters. The van der Waals surface area contributed by atoms with Gasteiger partial charge in [0.15, 0.2) is 5.82 Å². The van der Waals surface area contributed by atoms with Gasteiger partial charge in [-0.1, -0.05) is 24.3 Å². The highest BCUT2D eigenvalue weighted by atomic mass is 19.1. The van der Waals surface area contributed by atoms with Crippen LogP contribution in [-0.4, -0.2) is 98.9 Å². The Morgan fingerprint density at radius 3 is 2.33 bits per heavy atom. The predicted molar refractivity (Wildman–Crippen MR) is 225 cm³/mol. The molecule has 4 fully saturated rings. The number of halogens is 2. The highest BCUT2D eigenvalue weighted by molar-refractivity contribution is 6.01. The number of nitrogens with one attached hydrogen (secondary N) is 4. The Bertz CT molecular complexity index is 2230. The van der Waals surface area contributed by atoms with Gasteiger partial charge in [-0.05, 0) is 126 Å². The molecule has 1 saturated carbocycles. The SMILES string of the molecule is O=C1CCC(Nc2ccc(C3CCN(C4CCN(CCC(=O)NC5CCC(Nc6ncc(F)c(-c7cccc(-n8ccccc8=O)c7)n6)CC5)CC4)CC3)c(F)c2)C(=O)N1. The van der Waals surface area contributed by atoms with Gasteiger partial charge in [0.1, 0.15) is 17.6 Å². The Morgan fingerprint density at radius 2 is 1.58 bits per heavy atom. The van der Waals surface area contributed by atoms with Gasteiger partial charge in [-0.25, -0.2) is 18.7 Å². The number of hydrogen-bond donors (Lipinski definition) is 4. The fourth-order valence-corrected chi connectivity index (χ4v) is 9.27. The van der Waals surface area contributed by atoms with Gasteiger partial charge in [0.25, 0.3) is 5.56 Å². The summed E-state index contributed by atoms with van der Waals surface area (Å²) in [5.41, 5.74) is 2.40. The van der Waals surface area contributed by atoms with Crippen LogP contribution in [0.15, 0.2) is 77.9 Å². The molecule has 0 bridgehead atoms. The summed E-state index contributed by atoms with van der Waals surface area (Å²) in [6.07, 6.45) is 11.2. The monoisotopic (exact) mass is 821 g/mol. The van der Waals surface area contributed by atoms with E-state index in [1.54, 1.807) is 42.6 Å². The van der Waals surface area contributed by atoms with E-state index in [9.17, 15) is 23.6 Å². The summed E-state index contributed by atoms with van der Waals surface area (Å²) in [5, 5.41) is 12.0. The van der Waals surface area contributed by atoms with E-state index in [2.05, 4.69) is 41.0 Å². The van der Waals surface area contributed by atoms with E-state index in [-0.39, 0.29) is 59.2 Å². The van der Waals surface area contributed by atoms with Crippen molar-refractivity contribution in [3.05, 3.63) is 101 Å². The minimum absolute atomic E-state index is 0.0779. The van der Waals surface area contributed by atoms with E-state index in [0.29, 0.717) is 41.8 Å². The highest BCUT2D eigenvalue weighted by Gasteiger charge is 2.31. The van der Waals surface area contributed by atoms with E-state index >= 15 is 4.39 Å². The topological polar surface area (TPSA) is 154 Å². The van der Waals surface area contributed by atoms with Crippen LogP contribution in [0.2, 0.25) is 0 Å². The van der Waals surface area contributed by atoms with Gasteiger partial charge in [-0.2, -0.15) is 0 Å². The van der Waals surface area contributed by atoms with Crippen LogP contribution in [0.3, 0.4) is 0 Å². The van der Waals surface area contributed by atoms with Crippen molar-refractivity contribution in [3.8, 4) is 16.9 Å². The molecule has 3 saturated heterocycles. The minimum Gasteiger partial charge on any atom is -0.374 e. The molecule has 2 aromatic carbocycles. The lowest BCUT2D eigenvalue weighted by Gasteiger charge is -2.42. The molecule has 60 heavy (non-hydrogen) atoms. The third-order valence-electron chi connectivity index (χ3n) is 12.7. The van der Waals surface area contributed by atoms with E-state index in [0.717, 1.165) is 89.7 Å². The standard InChI is InChI=1S/C45H53F2N9O4/c46-37-27-33(49-39-13-14-40(57)52-44(39)60)11-12-36(37)29-15-24-55(25-16-29)34-17-21-54(22-18-34)23-19-41(58)50-31-7-9-32(10-8-31)51-45-48-28-38(47)43(53-45)30-4-3-5-35(26-30)56-20-2-1-6-42(56)59/h1-6,11-12,20,26-29,31-32,34,39,49H,7-10,13-19,21-25H2,(H,50,58)(H,48,51,53)(H,52,57,60). The van der Waals surface area contributed by atoms with E-state index in [4.69, 9.17) is 0 Å². The lowest BCUT2D eigenvalue weighted by Crippen LogP contribution is -2.48. The van der Waals surface area contributed by atoms with Gasteiger partial charge in [-0.15, -0.1) is 0 Å². The Morgan fingerprint density at radius 1 is 0.800 bits per heavy atom. The van der Waals surface area contributed by atoms with Gasteiger partial charge < -0.3 is 25.8 Å². The number of nitrogens with zero attached hydrogens (tertiary/aromatic N) is 5. The molecule has 1 aliphatic carbocycles. The Hall–Kier alpha value is -5.54. The summed E-state index contributed by atoms with van der Waals surface area (Å²) < 4.78 is 31.7. The first-order valence-electron chi connectivity index (χ1n) is 21.4. The maximum atomic E-state index is 15.2. The first-order chi connectivity index (χ1) is 29.1. The number of amides is 3. The number of hydrogen-bond acceptors (Lipinski definition) is 10. The number of aromatic nitrogens is 3. The second-order valence-electron chi connectivity index (χ2n) is 16.6. The number of anilines is 2. The minimum atomic E-state index is -0.548. The zero-order chi connectivity index (χ0) is 41.6. The number of carbonyl (C=O) groups excluding carboxylic acids is 3. The van der Waals surface area contributed by atoms with Crippen LogP contribution in [0.4, 0.5) is 20.4 Å². The number of carbonyl (C=O) groups is 3. The van der Waals surface area contributed by atoms with Gasteiger partial charge >= 0.3 is 0 Å². The number of rotatable bonds is 12. The third-order valence-corrected chi connectivity index (χ3v) is 12.7. The van der Waals surface area contributed by atoms with E-state index < -0.39 is 11.9 Å². The maximum absolute atomic E-state index is 15.2. The van der Waals surface area contributed by atoms with Crippen LogP contribution >= 0.6 is 0 Å². The molecule has 13 nitrogen and oxygen atoms in total. The number of benzene rings is 2. The molecule has 5 heterocycles. The highest BCUT2D eigenvalue weighted by Crippen LogP contribution is 2.34. The van der Waals surface area contributed by atoms with Crippen molar-refractivity contribution >= 4 is 29.4 Å². The molecule has 4 aliphatic rings. The first kappa shape index (κ1) is 41.2. The lowest BCUT2D eigenvalue weighted by atomic mass is 9.87. The second kappa shape index (κ2) is 18.8. The molecule has 8 rings (SSSR count). The Labute approximate surface area is 348 Å². The van der Waals surface area contributed by atoms with Crippen molar-refractivity contribution in [2.45, 2.75) is 101 Å². The lowest BCUT2D eigenvalue weighted by molar-refractivity contribution is -0.133. The van der Waals surface area contributed by atoms with Gasteiger partial charge in [0, 0.05) is 66.7 Å². The molecular weight excluding hydrogens is 769 g/mol.